The van der Waals surface area contributed by atoms with Gasteiger partial charge in [-0.15, -0.1) is 0 Å². The largest absolute Gasteiger partial charge is 0.459 e. The molecule has 94 valence electrons. The Morgan fingerprint density at radius 1 is 1.28 bits per heavy atom. The predicted molar refractivity (Wildman–Crippen MR) is 71.2 cm³/mol. The van der Waals surface area contributed by atoms with Gasteiger partial charge in [-0.05, 0) is 36.2 Å². The number of furan rings is 1. The van der Waals surface area contributed by atoms with Crippen molar-refractivity contribution in [3.05, 3.63) is 58.0 Å². The molecule has 2 rings (SSSR count). The van der Waals surface area contributed by atoms with Gasteiger partial charge in [0.2, 0.25) is 0 Å². The minimum Gasteiger partial charge on any atom is -0.459 e. The highest BCUT2D eigenvalue weighted by Crippen LogP contribution is 2.21. The maximum atomic E-state index is 11.6. The molecule has 1 heterocycles. The monoisotopic (exact) mass is 283 g/mol. The number of carbonyl (C=O) groups is 1. The van der Waals surface area contributed by atoms with Gasteiger partial charge in [0.15, 0.2) is 5.76 Å². The van der Waals surface area contributed by atoms with Crippen molar-refractivity contribution in [1.29, 1.82) is 0 Å². The third-order valence-electron chi connectivity index (χ3n) is 2.44. The highest BCUT2D eigenvalue weighted by Gasteiger charge is 2.07. The highest BCUT2D eigenvalue weighted by atomic mass is 35.5. The first kappa shape index (κ1) is 13.0. The molecule has 0 radical (unpaired) electrons. The summed E-state index contributed by atoms with van der Waals surface area (Å²) in [5, 5.41) is 3.96. The van der Waals surface area contributed by atoms with Gasteiger partial charge in [-0.1, -0.05) is 29.3 Å². The smallest absolute Gasteiger partial charge is 0.286 e. The van der Waals surface area contributed by atoms with Crippen molar-refractivity contribution in [1.82, 2.24) is 5.32 Å². The fourth-order valence-corrected chi connectivity index (χ4v) is 2.03. The number of hydrogen-bond acceptors (Lipinski definition) is 2. The summed E-state index contributed by atoms with van der Waals surface area (Å²) in [4.78, 5) is 11.6. The van der Waals surface area contributed by atoms with Crippen LogP contribution in [-0.4, -0.2) is 12.5 Å². The quantitative estimate of drug-likeness (QED) is 0.932. The first-order chi connectivity index (χ1) is 8.66. The lowest BCUT2D eigenvalue weighted by atomic mass is 10.1. The van der Waals surface area contributed by atoms with Gasteiger partial charge in [-0.25, -0.2) is 0 Å². The summed E-state index contributed by atoms with van der Waals surface area (Å²) in [6.07, 6.45) is 2.10. The van der Waals surface area contributed by atoms with Crippen molar-refractivity contribution < 1.29 is 9.21 Å². The van der Waals surface area contributed by atoms with Crippen LogP contribution in [0, 0.1) is 0 Å². The summed E-state index contributed by atoms with van der Waals surface area (Å²) in [5.74, 6) is 0.0716. The van der Waals surface area contributed by atoms with E-state index in [1.807, 2.05) is 6.07 Å². The average molecular weight is 284 g/mol. The number of halogens is 2. The van der Waals surface area contributed by atoms with Gasteiger partial charge in [0.25, 0.3) is 5.91 Å². The van der Waals surface area contributed by atoms with Crippen molar-refractivity contribution in [3.63, 3.8) is 0 Å². The third-order valence-corrected chi connectivity index (χ3v) is 3.03. The van der Waals surface area contributed by atoms with E-state index in [-0.39, 0.29) is 5.91 Å². The van der Waals surface area contributed by atoms with Gasteiger partial charge in [-0.2, -0.15) is 0 Å². The first-order valence-electron chi connectivity index (χ1n) is 5.42. The standard InChI is InChI=1S/C13H11Cl2NO2/c14-10-4-3-9(11(15)8-10)5-6-16-13(17)12-2-1-7-18-12/h1-4,7-8H,5-6H2,(H,16,17). The van der Waals surface area contributed by atoms with E-state index in [2.05, 4.69) is 5.32 Å². The minimum absolute atomic E-state index is 0.231. The molecule has 1 amide bonds. The SMILES string of the molecule is O=C(NCCc1ccc(Cl)cc1Cl)c1ccco1. The van der Waals surface area contributed by atoms with Gasteiger partial charge >= 0.3 is 0 Å². The zero-order valence-corrected chi connectivity index (χ0v) is 11.0. The van der Waals surface area contributed by atoms with Crippen LogP contribution in [0.1, 0.15) is 16.1 Å². The van der Waals surface area contributed by atoms with E-state index < -0.39 is 0 Å². The van der Waals surface area contributed by atoms with Gasteiger partial charge in [0.1, 0.15) is 0 Å². The van der Waals surface area contributed by atoms with Crippen molar-refractivity contribution in [3.8, 4) is 0 Å². The summed E-state index contributed by atoms with van der Waals surface area (Å²) in [7, 11) is 0. The summed E-state index contributed by atoms with van der Waals surface area (Å²) in [6.45, 7) is 0.487. The van der Waals surface area contributed by atoms with E-state index >= 15 is 0 Å². The number of rotatable bonds is 4. The minimum atomic E-state index is -0.231. The van der Waals surface area contributed by atoms with E-state index in [1.54, 1.807) is 24.3 Å². The van der Waals surface area contributed by atoms with Crippen LogP contribution in [-0.2, 0) is 6.42 Å². The molecule has 0 aliphatic carbocycles. The number of benzene rings is 1. The molecule has 18 heavy (non-hydrogen) atoms. The van der Waals surface area contributed by atoms with Crippen LogP contribution in [0.25, 0.3) is 0 Å². The van der Waals surface area contributed by atoms with Gasteiger partial charge in [-0.3, -0.25) is 4.79 Å². The Morgan fingerprint density at radius 2 is 2.11 bits per heavy atom. The van der Waals surface area contributed by atoms with Crippen LogP contribution in [0.15, 0.2) is 41.0 Å². The lowest BCUT2D eigenvalue weighted by Crippen LogP contribution is -2.25. The van der Waals surface area contributed by atoms with Crippen molar-refractivity contribution >= 4 is 29.1 Å². The van der Waals surface area contributed by atoms with Crippen LogP contribution in [0.5, 0.6) is 0 Å². The van der Waals surface area contributed by atoms with Crippen molar-refractivity contribution in [2.24, 2.45) is 0 Å². The normalized spacial score (nSPS) is 10.3. The average Bonchev–Trinajstić information content (AvgIpc) is 2.85. The second-order valence-corrected chi connectivity index (χ2v) is 4.56. The molecule has 1 N–H and O–H groups in total. The van der Waals surface area contributed by atoms with Crippen molar-refractivity contribution in [2.45, 2.75) is 6.42 Å². The molecule has 1 aromatic carbocycles. The predicted octanol–water partition coefficient (Wildman–Crippen LogP) is 3.56. The molecule has 3 nitrogen and oxygen atoms in total. The van der Waals surface area contributed by atoms with E-state index in [9.17, 15) is 4.79 Å². The summed E-state index contributed by atoms with van der Waals surface area (Å²) >= 11 is 11.8. The fourth-order valence-electron chi connectivity index (χ4n) is 1.53. The topological polar surface area (TPSA) is 42.2 Å². The molecule has 0 aliphatic heterocycles. The Labute approximate surface area is 115 Å². The van der Waals surface area contributed by atoms with Crippen LogP contribution < -0.4 is 5.32 Å². The molecule has 0 fully saturated rings. The number of amides is 1. The molecule has 2 aromatic rings. The zero-order chi connectivity index (χ0) is 13.0. The Morgan fingerprint density at radius 3 is 2.78 bits per heavy atom. The molecule has 0 atom stereocenters. The zero-order valence-electron chi connectivity index (χ0n) is 9.45. The molecular formula is C13H11Cl2NO2. The Kier molecular flexibility index (Phi) is 4.28. The number of hydrogen-bond donors (Lipinski definition) is 1. The lowest BCUT2D eigenvalue weighted by Gasteiger charge is -2.05. The molecule has 0 aliphatic rings. The van der Waals surface area contributed by atoms with Crippen LogP contribution >= 0.6 is 23.2 Å². The molecule has 0 bridgehead atoms. The summed E-state index contributed by atoms with van der Waals surface area (Å²) < 4.78 is 4.98. The molecule has 0 unspecified atom stereocenters. The maximum Gasteiger partial charge on any atom is 0.286 e. The molecule has 5 heteroatoms. The lowest BCUT2D eigenvalue weighted by molar-refractivity contribution is 0.0926. The van der Waals surface area contributed by atoms with Gasteiger partial charge in [0.05, 0.1) is 6.26 Å². The maximum absolute atomic E-state index is 11.6. The van der Waals surface area contributed by atoms with E-state index in [0.29, 0.717) is 28.8 Å². The van der Waals surface area contributed by atoms with Crippen LogP contribution in [0.3, 0.4) is 0 Å². The van der Waals surface area contributed by atoms with Gasteiger partial charge < -0.3 is 9.73 Å². The highest BCUT2D eigenvalue weighted by molar-refractivity contribution is 6.35. The van der Waals surface area contributed by atoms with E-state index in [0.717, 1.165) is 5.56 Å². The summed E-state index contributed by atoms with van der Waals surface area (Å²) in [5.41, 5.74) is 0.945. The fraction of sp³-hybridized carbons (Fsp3) is 0.154. The molecular weight excluding hydrogens is 273 g/mol. The Balaban J connectivity index is 1.87. The number of carbonyl (C=O) groups excluding carboxylic acids is 1. The molecule has 0 spiro atoms. The van der Waals surface area contributed by atoms with E-state index in [4.69, 9.17) is 27.6 Å². The van der Waals surface area contributed by atoms with Crippen LogP contribution in [0.2, 0.25) is 10.0 Å². The second kappa shape index (κ2) is 5.94. The summed E-state index contributed by atoms with van der Waals surface area (Å²) in [6, 6.07) is 8.60. The van der Waals surface area contributed by atoms with Crippen LogP contribution in [0.4, 0.5) is 0 Å². The number of nitrogens with one attached hydrogen (secondary N) is 1. The van der Waals surface area contributed by atoms with E-state index in [1.165, 1.54) is 6.26 Å². The molecule has 0 saturated carbocycles. The van der Waals surface area contributed by atoms with Gasteiger partial charge in [0, 0.05) is 16.6 Å². The third kappa shape index (κ3) is 3.28. The first-order valence-corrected chi connectivity index (χ1v) is 6.18. The Bertz CT molecular complexity index is 538. The molecule has 1 aromatic heterocycles. The second-order valence-electron chi connectivity index (χ2n) is 3.72. The molecule has 0 saturated heterocycles. The van der Waals surface area contributed by atoms with Crippen molar-refractivity contribution in [2.75, 3.05) is 6.54 Å². The Hall–Kier alpha value is -1.45.